The van der Waals surface area contributed by atoms with E-state index in [1.165, 1.54) is 0 Å². The highest BCUT2D eigenvalue weighted by molar-refractivity contribution is 6.61. The quantitative estimate of drug-likeness (QED) is 0.657. The second-order valence-electron chi connectivity index (χ2n) is 3.63. The third-order valence-electron chi connectivity index (χ3n) is 2.69. The molecule has 2 N–H and O–H groups in total. The van der Waals surface area contributed by atoms with Crippen molar-refractivity contribution in [3.8, 4) is 11.1 Å². The second-order valence-corrected chi connectivity index (χ2v) is 3.63. The molecule has 0 bridgehead atoms. The topological polar surface area (TPSA) is 40.5 Å². The zero-order chi connectivity index (χ0) is 11.4. The van der Waals surface area contributed by atoms with Crippen LogP contribution < -0.4 is 10.9 Å². The van der Waals surface area contributed by atoms with E-state index in [1.54, 1.807) is 0 Å². The lowest BCUT2D eigenvalue weighted by atomic mass is 9.70. The minimum atomic E-state index is -0.0546. The predicted molar refractivity (Wildman–Crippen MR) is 69.9 cm³/mol. The summed E-state index contributed by atoms with van der Waals surface area (Å²) in [6, 6.07) is 15.6. The molecule has 2 aromatic rings. The molecule has 0 heterocycles. The number of benzene rings is 2. The number of hydrogen-bond acceptors (Lipinski definition) is 2. The van der Waals surface area contributed by atoms with E-state index in [9.17, 15) is 10.0 Å². The van der Waals surface area contributed by atoms with E-state index < -0.39 is 0 Å². The summed E-state index contributed by atoms with van der Waals surface area (Å²) < 4.78 is 0. The lowest BCUT2D eigenvalue weighted by Crippen LogP contribution is -2.37. The predicted octanol–water partition coefficient (Wildman–Crippen LogP) is -0.708. The van der Waals surface area contributed by atoms with Gasteiger partial charge in [-0.05, 0) is 16.6 Å². The first-order valence-electron chi connectivity index (χ1n) is 5.24. The zero-order valence-corrected chi connectivity index (χ0v) is 8.93. The monoisotopic (exact) mass is 210 g/mol. The maximum absolute atomic E-state index is 9.38. The smallest absolute Gasteiger partial charge is 0.304 e. The van der Waals surface area contributed by atoms with E-state index in [-0.39, 0.29) is 15.0 Å². The van der Waals surface area contributed by atoms with Crippen LogP contribution in [0.5, 0.6) is 0 Å². The molecule has 0 fully saturated rings. The van der Waals surface area contributed by atoms with Crippen molar-refractivity contribution in [1.82, 2.24) is 0 Å². The van der Waals surface area contributed by atoms with Gasteiger partial charge in [-0.15, -0.1) is 0 Å². The zero-order valence-electron chi connectivity index (χ0n) is 8.93. The molecule has 4 heteroatoms. The molecule has 0 spiro atoms. The minimum Gasteiger partial charge on any atom is -0.449 e. The van der Waals surface area contributed by atoms with Crippen molar-refractivity contribution in [2.24, 2.45) is 0 Å². The Morgan fingerprint density at radius 2 is 1.50 bits per heavy atom. The van der Waals surface area contributed by atoms with E-state index in [4.69, 9.17) is 0 Å². The van der Waals surface area contributed by atoms with E-state index >= 15 is 0 Å². The van der Waals surface area contributed by atoms with Gasteiger partial charge < -0.3 is 10.0 Å². The van der Waals surface area contributed by atoms with Crippen LogP contribution in [0.1, 0.15) is 0 Å². The third kappa shape index (κ3) is 2.03. The van der Waals surface area contributed by atoms with Gasteiger partial charge in [0.05, 0.1) is 0 Å². The van der Waals surface area contributed by atoms with Crippen molar-refractivity contribution in [3.63, 3.8) is 0 Å². The maximum atomic E-state index is 9.38. The first kappa shape index (κ1) is 11.0. The first-order valence-corrected chi connectivity index (χ1v) is 5.24. The van der Waals surface area contributed by atoms with E-state index in [0.29, 0.717) is 0 Å². The molecule has 0 aliphatic heterocycles. The summed E-state index contributed by atoms with van der Waals surface area (Å²) in [6.07, 6.45) is 0. The van der Waals surface area contributed by atoms with Crippen LogP contribution in [-0.2, 0) is 0 Å². The molecule has 0 saturated heterocycles. The van der Waals surface area contributed by atoms with Crippen molar-refractivity contribution < 1.29 is 10.0 Å². The van der Waals surface area contributed by atoms with Gasteiger partial charge in [-0.25, -0.2) is 0 Å². The summed E-state index contributed by atoms with van der Waals surface area (Å²) in [7, 11) is -0.0997. The Labute approximate surface area is 96.1 Å². The molecular formula is C12H12B2O2. The summed E-state index contributed by atoms with van der Waals surface area (Å²) in [5.41, 5.74) is 3.62. The Morgan fingerprint density at radius 3 is 2.12 bits per heavy atom. The van der Waals surface area contributed by atoms with Crippen LogP contribution in [0.3, 0.4) is 0 Å². The molecule has 2 rings (SSSR count). The summed E-state index contributed by atoms with van der Waals surface area (Å²) in [5, 5.41) is 18.6. The normalized spacial score (nSPS) is 9.88. The Morgan fingerprint density at radius 1 is 0.750 bits per heavy atom. The van der Waals surface area contributed by atoms with Gasteiger partial charge in [-0.2, -0.15) is 0 Å². The van der Waals surface area contributed by atoms with Crippen LogP contribution in [-0.4, -0.2) is 25.0 Å². The molecule has 16 heavy (non-hydrogen) atoms. The van der Waals surface area contributed by atoms with Crippen LogP contribution >= 0.6 is 0 Å². The molecule has 78 valence electrons. The van der Waals surface area contributed by atoms with Crippen LogP contribution in [0.25, 0.3) is 11.1 Å². The molecule has 0 saturated carbocycles. The number of hydrogen-bond donors (Lipinski definition) is 2. The Hall–Kier alpha value is -1.51. The van der Waals surface area contributed by atoms with Crippen molar-refractivity contribution in [2.75, 3.05) is 0 Å². The molecule has 2 aromatic carbocycles. The van der Waals surface area contributed by atoms with Crippen LogP contribution in [0.4, 0.5) is 0 Å². The van der Waals surface area contributed by atoms with E-state index in [2.05, 4.69) is 0 Å². The third-order valence-corrected chi connectivity index (χ3v) is 2.69. The highest BCUT2D eigenvalue weighted by Gasteiger charge is 2.09. The average Bonchev–Trinajstić information content (AvgIpc) is 2.38. The molecular weight excluding hydrogens is 198 g/mol. The standard InChI is InChI=1S/C12H12B2O2/c15-13-11-8-4-7-10(12(11)14-16)9-5-2-1-3-6-9/h1-8,13-16H. The largest absolute Gasteiger partial charge is 0.449 e. The SMILES string of the molecule is OBc1cccc(-c2ccccc2)c1BO. The molecule has 0 aromatic heterocycles. The maximum Gasteiger partial charge on any atom is 0.304 e. The van der Waals surface area contributed by atoms with E-state index in [0.717, 1.165) is 22.1 Å². The molecule has 0 unspecified atom stereocenters. The van der Waals surface area contributed by atoms with Gasteiger partial charge in [-0.3, -0.25) is 0 Å². The summed E-state index contributed by atoms with van der Waals surface area (Å²) in [5.74, 6) is 0. The molecule has 0 radical (unpaired) electrons. The van der Waals surface area contributed by atoms with Gasteiger partial charge in [0.2, 0.25) is 0 Å². The highest BCUT2D eigenvalue weighted by Crippen LogP contribution is 2.15. The Balaban J connectivity index is 2.57. The first-order chi connectivity index (χ1) is 7.86. The second kappa shape index (κ2) is 5.01. The van der Waals surface area contributed by atoms with Crippen LogP contribution in [0, 0.1) is 0 Å². The average molecular weight is 210 g/mol. The summed E-state index contributed by atoms with van der Waals surface area (Å²) in [6.45, 7) is 0. The fourth-order valence-electron chi connectivity index (χ4n) is 1.86. The highest BCUT2D eigenvalue weighted by atomic mass is 16.2. The van der Waals surface area contributed by atoms with Gasteiger partial charge in [0, 0.05) is 0 Å². The molecule has 0 atom stereocenters. The minimum absolute atomic E-state index is 0.0451. The molecule has 0 amide bonds. The van der Waals surface area contributed by atoms with Crippen molar-refractivity contribution in [3.05, 3.63) is 48.5 Å². The summed E-state index contributed by atoms with van der Waals surface area (Å²) in [4.78, 5) is 0. The van der Waals surface area contributed by atoms with Crippen molar-refractivity contribution in [2.45, 2.75) is 0 Å². The van der Waals surface area contributed by atoms with Gasteiger partial charge >= 0.3 is 15.0 Å². The number of rotatable bonds is 3. The molecule has 2 nitrogen and oxygen atoms in total. The van der Waals surface area contributed by atoms with Crippen LogP contribution in [0.15, 0.2) is 48.5 Å². The van der Waals surface area contributed by atoms with Crippen molar-refractivity contribution >= 4 is 25.9 Å². The van der Waals surface area contributed by atoms with Crippen molar-refractivity contribution in [1.29, 1.82) is 0 Å². The lowest BCUT2D eigenvalue weighted by molar-refractivity contribution is 0.611. The lowest BCUT2D eigenvalue weighted by Gasteiger charge is -2.10. The van der Waals surface area contributed by atoms with E-state index in [1.807, 2.05) is 48.5 Å². The van der Waals surface area contributed by atoms with Gasteiger partial charge in [0.25, 0.3) is 0 Å². The molecule has 0 aliphatic carbocycles. The molecule has 0 aliphatic rings. The fraction of sp³-hybridized carbons (Fsp3) is 0. The fourth-order valence-corrected chi connectivity index (χ4v) is 1.86. The van der Waals surface area contributed by atoms with Gasteiger partial charge in [0.1, 0.15) is 0 Å². The Kier molecular flexibility index (Phi) is 3.44. The Bertz CT molecular complexity index is 472. The van der Waals surface area contributed by atoms with Gasteiger partial charge in [0.15, 0.2) is 0 Å². The van der Waals surface area contributed by atoms with Gasteiger partial charge in [-0.1, -0.05) is 54.0 Å². The van der Waals surface area contributed by atoms with Crippen LogP contribution in [0.2, 0.25) is 0 Å². The summed E-state index contributed by atoms with van der Waals surface area (Å²) >= 11 is 0.